The highest BCUT2D eigenvalue weighted by atomic mass is 79.9. The van der Waals surface area contributed by atoms with Crippen LogP contribution >= 0.6 is 67.7 Å². The zero-order valence-corrected chi connectivity index (χ0v) is 45.7. The van der Waals surface area contributed by atoms with E-state index >= 15 is 0 Å². The topological polar surface area (TPSA) is 97.0 Å². The third-order valence-corrected chi connectivity index (χ3v) is 16.3. The van der Waals surface area contributed by atoms with E-state index in [1.54, 1.807) is 0 Å². The van der Waals surface area contributed by atoms with E-state index in [2.05, 4.69) is 126 Å². The van der Waals surface area contributed by atoms with E-state index in [9.17, 15) is 5.02 Å². The van der Waals surface area contributed by atoms with Crippen LogP contribution in [-0.4, -0.2) is 124 Å². The van der Waals surface area contributed by atoms with Gasteiger partial charge in [0.2, 0.25) is 0 Å². The number of benzene rings is 2. The number of unbranched alkanes of at least 4 members (excludes halogenated alkanes) is 2. The first-order chi connectivity index (χ1) is 32.4. The molecule has 2 saturated heterocycles. The van der Waals surface area contributed by atoms with Gasteiger partial charge in [-0.2, -0.15) is 12.6 Å². The second-order valence-corrected chi connectivity index (χ2v) is 22.4. The van der Waals surface area contributed by atoms with Gasteiger partial charge in [0.15, 0.2) is 0 Å². The number of pyridine rings is 2. The first-order valence-corrected chi connectivity index (χ1v) is 28.0. The SMILES string of the molecule is CCCCC1CN(C2c3ccc(Cl)cc3CCc3cc(Br)cnc32)CCN1CC(CC)NB(C)O.CCCCC1CN(C2c3ccc(Cl)cc3CCc3cc(Br)cnc32)CCN1CC(N)CS. The molecular formula is C52H73BBr2Cl2N8OS. The number of piperazine rings is 2. The molecule has 2 fully saturated rings. The zero-order valence-electron chi connectivity index (χ0n) is 40.1. The molecule has 0 bridgehead atoms. The van der Waals surface area contributed by atoms with Gasteiger partial charge in [-0.05, 0) is 153 Å². The van der Waals surface area contributed by atoms with Crippen LogP contribution in [0, 0.1) is 0 Å². The summed E-state index contributed by atoms with van der Waals surface area (Å²) < 4.78 is 2.09. The smallest absolute Gasteiger partial charge is 0.373 e. The van der Waals surface area contributed by atoms with Gasteiger partial charge >= 0.3 is 7.05 Å². The van der Waals surface area contributed by atoms with E-state index in [0.717, 1.165) is 109 Å². The van der Waals surface area contributed by atoms with Crippen molar-refractivity contribution < 1.29 is 5.02 Å². The summed E-state index contributed by atoms with van der Waals surface area (Å²) in [5, 5.41) is 14.9. The third kappa shape index (κ3) is 13.9. The highest BCUT2D eigenvalue weighted by Crippen LogP contribution is 2.41. The average Bonchev–Trinajstić information content (AvgIpc) is 3.57. The Bertz CT molecular complexity index is 2120. The summed E-state index contributed by atoms with van der Waals surface area (Å²) in [6.07, 6.45) is 16.1. The van der Waals surface area contributed by atoms with Gasteiger partial charge < -0.3 is 16.0 Å². The molecule has 9 nitrogen and oxygen atoms in total. The van der Waals surface area contributed by atoms with Gasteiger partial charge in [0, 0.05) is 114 Å². The van der Waals surface area contributed by atoms with E-state index in [1.807, 2.05) is 31.3 Å². The van der Waals surface area contributed by atoms with Crippen molar-refractivity contribution in [2.75, 3.05) is 58.1 Å². The minimum absolute atomic E-state index is 0.120. The molecule has 0 spiro atoms. The van der Waals surface area contributed by atoms with Crippen molar-refractivity contribution in [1.82, 2.24) is 34.8 Å². The number of aryl methyl sites for hydroxylation is 4. The van der Waals surface area contributed by atoms with Gasteiger partial charge in [-0.1, -0.05) is 81.8 Å². The second kappa shape index (κ2) is 25.7. The summed E-state index contributed by atoms with van der Waals surface area (Å²) in [4.78, 5) is 20.5. The molecule has 4 N–H and O–H groups in total. The number of hydrogen-bond acceptors (Lipinski definition) is 10. The molecule has 2 aliphatic heterocycles. The molecule has 4 aromatic rings. The first kappa shape index (κ1) is 53.2. The molecule has 67 heavy (non-hydrogen) atoms. The van der Waals surface area contributed by atoms with Gasteiger partial charge in [0.05, 0.1) is 23.5 Å². The Hall–Kier alpha value is -1.59. The summed E-state index contributed by atoms with van der Waals surface area (Å²) >= 11 is 24.5. The molecule has 8 rings (SSSR count). The van der Waals surface area contributed by atoms with E-state index in [0.29, 0.717) is 18.1 Å². The maximum absolute atomic E-state index is 9.90. The standard InChI is InChI=1S/C27H39BBrClN4O.C25H34BrClN4S/c1-4-6-7-24-18-34(13-12-33(24)17-23(5-2)32-28(3)35)27-25-11-10-22(30)15-19(25)8-9-20-14-21(29)16-31-26(20)27;1-2-3-4-22-15-31(10-9-30(22)14-21(28)16-32)25-23-8-7-20(27)12-17(23)5-6-18-11-19(26)13-29-24(18)25/h10-11,14-16,23-24,27,32,35H,4-9,12-13,17-18H2,1-3H3;7-8,11-13,21-22,25,32H,2-6,9-10,14-16,28H2,1H3. The fourth-order valence-corrected chi connectivity index (χ4v) is 12.3. The number of aromatic nitrogens is 2. The normalized spacial score (nSPS) is 22.3. The molecule has 0 radical (unpaired) electrons. The summed E-state index contributed by atoms with van der Waals surface area (Å²) in [5.41, 5.74) is 16.8. The molecular weight excluding hydrogens is 1030 g/mol. The molecule has 2 aromatic carbocycles. The fourth-order valence-electron chi connectivity index (χ4n) is 11.1. The van der Waals surface area contributed by atoms with Crippen molar-refractivity contribution in [2.24, 2.45) is 5.73 Å². The Balaban J connectivity index is 0.000000200. The quantitative estimate of drug-likeness (QED) is 0.0646. The zero-order chi connectivity index (χ0) is 47.6. The van der Waals surface area contributed by atoms with Crippen molar-refractivity contribution in [3.8, 4) is 0 Å². The molecule has 6 atom stereocenters. The van der Waals surface area contributed by atoms with E-state index < -0.39 is 7.05 Å². The summed E-state index contributed by atoms with van der Waals surface area (Å²) in [6.45, 7) is 16.6. The van der Waals surface area contributed by atoms with Crippen molar-refractivity contribution in [3.63, 3.8) is 0 Å². The molecule has 4 heterocycles. The Morgan fingerprint density at radius 2 is 1.19 bits per heavy atom. The molecule has 0 saturated carbocycles. The largest absolute Gasteiger partial charge is 0.437 e. The minimum atomic E-state index is -0.480. The van der Waals surface area contributed by atoms with Gasteiger partial charge in [0.1, 0.15) is 0 Å². The molecule has 2 aliphatic carbocycles. The van der Waals surface area contributed by atoms with Crippen molar-refractivity contribution >= 4 is 74.7 Å². The predicted octanol–water partition coefficient (Wildman–Crippen LogP) is 10.5. The molecule has 2 aromatic heterocycles. The van der Waals surface area contributed by atoms with Crippen molar-refractivity contribution in [2.45, 2.75) is 134 Å². The average molecular weight is 1100 g/mol. The predicted molar refractivity (Wildman–Crippen MR) is 291 cm³/mol. The van der Waals surface area contributed by atoms with Crippen LogP contribution in [0.2, 0.25) is 16.9 Å². The summed E-state index contributed by atoms with van der Waals surface area (Å²) in [5.74, 6) is 0.726. The number of halogens is 4. The number of rotatable bonds is 16. The van der Waals surface area contributed by atoms with Gasteiger partial charge in [-0.25, -0.2) is 0 Å². The maximum Gasteiger partial charge on any atom is 0.373 e. The van der Waals surface area contributed by atoms with Gasteiger partial charge in [-0.15, -0.1) is 0 Å². The maximum atomic E-state index is 9.90. The van der Waals surface area contributed by atoms with Crippen LogP contribution in [0.15, 0.2) is 69.9 Å². The van der Waals surface area contributed by atoms with Gasteiger partial charge in [-0.3, -0.25) is 29.6 Å². The molecule has 15 heteroatoms. The molecule has 4 aliphatic rings. The van der Waals surface area contributed by atoms with E-state index in [4.69, 9.17) is 38.9 Å². The van der Waals surface area contributed by atoms with Crippen LogP contribution in [-0.2, 0) is 25.7 Å². The monoisotopic (exact) mass is 1100 g/mol. The first-order valence-electron chi connectivity index (χ1n) is 25.0. The van der Waals surface area contributed by atoms with Crippen molar-refractivity contribution in [1.29, 1.82) is 0 Å². The van der Waals surface area contributed by atoms with Crippen LogP contribution < -0.4 is 11.0 Å². The lowest BCUT2D eigenvalue weighted by atomic mass is 9.86. The van der Waals surface area contributed by atoms with Crippen LogP contribution in [0.4, 0.5) is 0 Å². The molecule has 0 amide bonds. The lowest BCUT2D eigenvalue weighted by molar-refractivity contribution is 0.0452. The van der Waals surface area contributed by atoms with Gasteiger partial charge in [0.25, 0.3) is 0 Å². The Kier molecular flexibility index (Phi) is 20.4. The number of thiol groups is 1. The van der Waals surface area contributed by atoms with Crippen LogP contribution in [0.5, 0.6) is 0 Å². The molecule has 6 unspecified atom stereocenters. The van der Waals surface area contributed by atoms with Crippen LogP contribution in [0.3, 0.4) is 0 Å². The fraction of sp³-hybridized carbons (Fsp3) is 0.577. The number of nitrogens with zero attached hydrogens (tertiary/aromatic N) is 6. The highest BCUT2D eigenvalue weighted by Gasteiger charge is 2.38. The number of nitrogens with one attached hydrogen (secondary N) is 1. The Labute approximate surface area is 434 Å². The highest BCUT2D eigenvalue weighted by molar-refractivity contribution is 9.10. The third-order valence-electron chi connectivity index (χ3n) is 14.5. The number of hydrogen-bond donors (Lipinski definition) is 4. The van der Waals surface area contributed by atoms with Crippen LogP contribution in [0.1, 0.15) is 123 Å². The van der Waals surface area contributed by atoms with Crippen molar-refractivity contribution in [3.05, 3.63) is 125 Å². The lowest BCUT2D eigenvalue weighted by Crippen LogP contribution is -2.57. The van der Waals surface area contributed by atoms with E-state index in [1.165, 1.54) is 83.3 Å². The lowest BCUT2D eigenvalue weighted by Gasteiger charge is -2.46. The Morgan fingerprint density at radius 3 is 1.63 bits per heavy atom. The minimum Gasteiger partial charge on any atom is -0.437 e. The van der Waals surface area contributed by atoms with Crippen LogP contribution in [0.25, 0.3) is 0 Å². The number of nitrogens with two attached hydrogens (primary N) is 1. The summed E-state index contributed by atoms with van der Waals surface area (Å²) in [7, 11) is -0.480. The summed E-state index contributed by atoms with van der Waals surface area (Å²) in [6, 6.07) is 19.1. The Morgan fingerprint density at radius 1 is 0.731 bits per heavy atom. The van der Waals surface area contributed by atoms with E-state index in [-0.39, 0.29) is 18.1 Å². The second-order valence-electron chi connectivity index (χ2n) is 19.3. The molecule has 364 valence electrons. The number of fused-ring (bicyclic) bond motifs is 4.